The number of allylic oxidation sites excluding steroid dienone is 8. The molecule has 110 valence electrons. The molecular weight excluding hydrogens is 382 g/mol. The summed E-state index contributed by atoms with van der Waals surface area (Å²) in [5.41, 5.74) is 3.07. The average molecular weight is 407 g/mol. The van der Waals surface area contributed by atoms with Crippen LogP contribution < -0.4 is 24.8 Å². The van der Waals surface area contributed by atoms with E-state index in [1.165, 1.54) is 25.7 Å². The van der Waals surface area contributed by atoms with Crippen LogP contribution in [0.2, 0.25) is 13.1 Å². The van der Waals surface area contributed by atoms with E-state index in [2.05, 4.69) is 51.2 Å². The van der Waals surface area contributed by atoms with E-state index in [1.807, 2.05) is 6.56 Å². The molecule has 0 aromatic rings. The Morgan fingerprint density at radius 1 is 0.900 bits per heavy atom. The minimum Gasteiger partial charge on any atom is -1.00 e. The molecule has 2 rings (SSSR count). The van der Waals surface area contributed by atoms with E-state index in [1.54, 1.807) is 11.1 Å². The van der Waals surface area contributed by atoms with Crippen molar-refractivity contribution in [2.45, 2.75) is 52.6 Å². The molecule has 0 nitrogen and oxygen atoms in total. The van der Waals surface area contributed by atoms with Crippen LogP contribution in [0.1, 0.15) is 39.5 Å². The molecule has 4 heteroatoms. The minimum absolute atomic E-state index is 0. The summed E-state index contributed by atoms with van der Waals surface area (Å²) in [6.45, 7) is 9.66. The number of hydrogen-bond donors (Lipinski definition) is 0. The molecule has 0 saturated heterocycles. The number of halogens is 2. The van der Waals surface area contributed by atoms with Crippen molar-refractivity contribution < 1.29 is 45.2 Å². The Morgan fingerprint density at radius 2 is 1.30 bits per heavy atom. The molecular formula is C16H24Cl2SiZr. The van der Waals surface area contributed by atoms with E-state index in [4.69, 9.17) is 0 Å². The molecule has 0 amide bonds. The largest absolute Gasteiger partial charge is 1.00 e. The minimum atomic E-state index is -1.44. The van der Waals surface area contributed by atoms with E-state index >= 15 is 0 Å². The van der Waals surface area contributed by atoms with E-state index in [0.717, 1.165) is 0 Å². The van der Waals surface area contributed by atoms with Crippen molar-refractivity contribution in [2.75, 3.05) is 0 Å². The summed E-state index contributed by atoms with van der Waals surface area (Å²) >= 11 is -1.44. The van der Waals surface area contributed by atoms with Gasteiger partial charge in [-0.2, -0.15) is 0 Å². The second-order valence-corrected chi connectivity index (χ2v) is 22.7. The summed E-state index contributed by atoms with van der Waals surface area (Å²) in [5.74, 6) is 0. The summed E-state index contributed by atoms with van der Waals surface area (Å²) in [6.07, 6.45) is 15.1. The van der Waals surface area contributed by atoms with Crippen LogP contribution in [-0.4, -0.2) is 5.43 Å². The third kappa shape index (κ3) is 4.83. The Hall–Kier alpha value is 0.640. The van der Waals surface area contributed by atoms with Gasteiger partial charge in [0, 0.05) is 0 Å². The van der Waals surface area contributed by atoms with E-state index in [0.29, 0.717) is 0 Å². The first-order valence-electron chi connectivity index (χ1n) is 7.13. The van der Waals surface area contributed by atoms with Gasteiger partial charge in [-0.3, -0.25) is 0 Å². The zero-order chi connectivity index (χ0) is 13.1. The van der Waals surface area contributed by atoms with Gasteiger partial charge in [-0.1, -0.05) is 0 Å². The average Bonchev–Trinajstić information content (AvgIpc) is 2.98. The van der Waals surface area contributed by atoms with Gasteiger partial charge in [-0.25, -0.2) is 0 Å². The van der Waals surface area contributed by atoms with E-state index in [9.17, 15) is 0 Å². The summed E-state index contributed by atoms with van der Waals surface area (Å²) in [4.78, 5) is 0. The Morgan fingerprint density at radius 3 is 1.55 bits per heavy atom. The van der Waals surface area contributed by atoms with Gasteiger partial charge < -0.3 is 24.8 Å². The van der Waals surface area contributed by atoms with Crippen molar-refractivity contribution in [3.05, 3.63) is 42.0 Å². The van der Waals surface area contributed by atoms with Crippen LogP contribution in [-0.2, 0) is 20.4 Å². The zero-order valence-electron chi connectivity index (χ0n) is 12.9. The van der Waals surface area contributed by atoms with Gasteiger partial charge >= 0.3 is 120 Å². The molecule has 2 aliphatic rings. The number of rotatable bonds is 4. The fraction of sp³-hybridized carbons (Fsp3) is 0.500. The Balaban J connectivity index is 0.00000180. The molecule has 0 saturated carbocycles. The molecule has 0 atom stereocenters. The third-order valence-corrected chi connectivity index (χ3v) is 20.9. The van der Waals surface area contributed by atoms with Crippen molar-refractivity contribution in [2.24, 2.45) is 0 Å². The summed E-state index contributed by atoms with van der Waals surface area (Å²) in [7, 11) is 0. The maximum absolute atomic E-state index is 2.57. The van der Waals surface area contributed by atoms with Crippen LogP contribution in [0.3, 0.4) is 0 Å². The molecule has 0 bridgehead atoms. The Kier molecular flexibility index (Phi) is 9.92. The van der Waals surface area contributed by atoms with Crippen LogP contribution in [0, 0.1) is 0 Å². The van der Waals surface area contributed by atoms with Crippen molar-refractivity contribution >= 4 is 5.43 Å². The molecule has 0 unspecified atom stereocenters. The van der Waals surface area contributed by atoms with Crippen molar-refractivity contribution in [1.29, 1.82) is 0 Å². The molecule has 0 N–H and O–H groups in total. The molecule has 0 radical (unpaired) electrons. The van der Waals surface area contributed by atoms with Crippen LogP contribution >= 0.6 is 0 Å². The van der Waals surface area contributed by atoms with Crippen molar-refractivity contribution in [1.82, 2.24) is 0 Å². The van der Waals surface area contributed by atoms with Gasteiger partial charge in [0.25, 0.3) is 0 Å². The first-order valence-corrected chi connectivity index (χ1v) is 15.8. The normalized spacial score (nSPS) is 15.9. The molecule has 2 aliphatic carbocycles. The van der Waals surface area contributed by atoms with Crippen molar-refractivity contribution in [3.63, 3.8) is 0 Å². The van der Waals surface area contributed by atoms with Gasteiger partial charge in [0.15, 0.2) is 0 Å². The quantitative estimate of drug-likeness (QED) is 0.532. The predicted octanol–water partition coefficient (Wildman–Crippen LogP) is -0.888. The predicted molar refractivity (Wildman–Crippen MR) is 79.6 cm³/mol. The summed E-state index contributed by atoms with van der Waals surface area (Å²) in [5, 5.41) is 0. The maximum Gasteiger partial charge on any atom is -1.00 e. The maximum atomic E-state index is 2.57. The second-order valence-electron chi connectivity index (χ2n) is 5.39. The SMILES string of the molecule is CCC1=CC[C]([Zr+2]([C]2=CC(CC)=CC2)=[Si](C)C)=C1.[Cl-].[Cl-]. The second kappa shape index (κ2) is 9.62. The van der Waals surface area contributed by atoms with Crippen molar-refractivity contribution in [3.8, 4) is 0 Å². The third-order valence-electron chi connectivity index (χ3n) is 3.85. The first kappa shape index (κ1) is 20.6. The van der Waals surface area contributed by atoms with E-state index < -0.39 is 20.4 Å². The zero-order valence-corrected chi connectivity index (χ0v) is 17.9. The molecule has 20 heavy (non-hydrogen) atoms. The van der Waals surface area contributed by atoms with Crippen LogP contribution in [0.5, 0.6) is 0 Å². The number of hydrogen-bond acceptors (Lipinski definition) is 0. The standard InChI is InChI=1S/2C7H9.C2H6Si.2ClH.Zr/c2*1-2-7-5-3-4-6-7;1-3-2;;;/h2*5-6H,2-3H2,1H3;1-2H3;2*1H;/q;;;;;+2/p-2. The van der Waals surface area contributed by atoms with Crippen LogP contribution in [0.4, 0.5) is 0 Å². The summed E-state index contributed by atoms with van der Waals surface area (Å²) in [6, 6.07) is 0. The summed E-state index contributed by atoms with van der Waals surface area (Å²) < 4.78 is 3.76. The van der Waals surface area contributed by atoms with E-state index in [-0.39, 0.29) is 30.2 Å². The molecule has 0 spiro atoms. The fourth-order valence-electron chi connectivity index (χ4n) is 2.86. The van der Waals surface area contributed by atoms with Crippen LogP contribution in [0.25, 0.3) is 0 Å². The smallest absolute Gasteiger partial charge is 1.00 e. The molecule has 0 aromatic carbocycles. The van der Waals surface area contributed by atoms with Gasteiger partial charge in [0.2, 0.25) is 0 Å². The Bertz CT molecular complexity index is 467. The molecule has 0 aliphatic heterocycles. The Labute approximate surface area is 144 Å². The van der Waals surface area contributed by atoms with Gasteiger partial charge in [0.1, 0.15) is 0 Å². The van der Waals surface area contributed by atoms with Gasteiger partial charge in [-0.15, -0.1) is 0 Å². The topological polar surface area (TPSA) is 0 Å². The first-order chi connectivity index (χ1) is 8.65. The fourth-order valence-corrected chi connectivity index (χ4v) is 19.8. The van der Waals surface area contributed by atoms with Gasteiger partial charge in [-0.05, 0) is 0 Å². The molecule has 0 fully saturated rings. The molecule has 0 heterocycles. The monoisotopic (exact) mass is 404 g/mol. The van der Waals surface area contributed by atoms with Gasteiger partial charge in [0.05, 0.1) is 0 Å². The van der Waals surface area contributed by atoms with Crippen LogP contribution in [0.15, 0.2) is 42.0 Å². The molecule has 0 aromatic heterocycles.